The van der Waals surface area contributed by atoms with Gasteiger partial charge in [0.25, 0.3) is 0 Å². The number of carbonyl (C=O) groups is 2. The van der Waals surface area contributed by atoms with E-state index in [1.165, 1.54) is 19.3 Å². The van der Waals surface area contributed by atoms with Crippen molar-refractivity contribution in [2.45, 2.75) is 51.5 Å². The topological polar surface area (TPSA) is 205 Å². The summed E-state index contributed by atoms with van der Waals surface area (Å²) >= 11 is 0. The van der Waals surface area contributed by atoms with Crippen LogP contribution in [0.2, 0.25) is 0 Å². The van der Waals surface area contributed by atoms with Crippen molar-refractivity contribution in [1.82, 2.24) is 0 Å². The molecule has 0 radical (unpaired) electrons. The van der Waals surface area contributed by atoms with E-state index < -0.39 is 18.2 Å². The molecule has 0 heterocycles. The summed E-state index contributed by atoms with van der Waals surface area (Å²) < 4.78 is 0. The van der Waals surface area contributed by atoms with Gasteiger partial charge in [0.2, 0.25) is 0 Å². The highest BCUT2D eigenvalue weighted by molar-refractivity contribution is 5.75. The van der Waals surface area contributed by atoms with E-state index in [2.05, 4.69) is 11.9 Å². The standard InChI is InChI=1S/C6H14N4O2.C6H14O.CH2O3/c7-4(5(11)12)2-1-3-10-6(8)9;1-2-3-4-5-6-7;2-1(3)4/h4H,1-3,7H2,(H,11,12)(H4,8,9,10);7H,2-6H2,1H3;(H2,2,3,4). The summed E-state index contributed by atoms with van der Waals surface area (Å²) in [6, 6.07) is -0.820. The van der Waals surface area contributed by atoms with E-state index in [9.17, 15) is 4.79 Å². The average molecular weight is 338 g/mol. The number of carboxylic acid groups (broad SMARTS) is 3. The molecule has 0 aromatic heterocycles. The number of carboxylic acids is 1. The minimum Gasteiger partial charge on any atom is -0.480 e. The van der Waals surface area contributed by atoms with Crippen LogP contribution in [0.15, 0.2) is 4.99 Å². The Labute approximate surface area is 136 Å². The van der Waals surface area contributed by atoms with Crippen molar-refractivity contribution < 1.29 is 30.0 Å². The lowest BCUT2D eigenvalue weighted by Crippen LogP contribution is -2.30. The molecular formula is C13H30N4O6. The molecule has 0 aliphatic rings. The van der Waals surface area contributed by atoms with E-state index in [-0.39, 0.29) is 5.96 Å². The lowest BCUT2D eigenvalue weighted by atomic mass is 10.2. The SMILES string of the molecule is CCCCCCO.NC(N)=NCCCC(N)C(=O)O.O=C(O)O. The van der Waals surface area contributed by atoms with Crippen molar-refractivity contribution in [1.29, 1.82) is 0 Å². The van der Waals surface area contributed by atoms with Crippen molar-refractivity contribution in [3.63, 3.8) is 0 Å². The van der Waals surface area contributed by atoms with Crippen molar-refractivity contribution in [3.8, 4) is 0 Å². The third-order valence-corrected chi connectivity index (χ3v) is 2.30. The summed E-state index contributed by atoms with van der Waals surface area (Å²) in [6.45, 7) is 2.95. The van der Waals surface area contributed by atoms with Crippen LogP contribution in [-0.4, -0.2) is 57.7 Å². The zero-order chi connectivity index (χ0) is 18.7. The molecule has 1 atom stereocenters. The maximum Gasteiger partial charge on any atom is 0.503 e. The van der Waals surface area contributed by atoms with E-state index in [1.807, 2.05) is 0 Å². The van der Waals surface area contributed by atoms with Gasteiger partial charge in [0.1, 0.15) is 6.04 Å². The molecule has 0 saturated carbocycles. The van der Waals surface area contributed by atoms with E-state index in [1.54, 1.807) is 0 Å². The number of hydrogen-bond acceptors (Lipinski definition) is 5. The first kappa shape index (κ1) is 25.9. The molecule has 23 heavy (non-hydrogen) atoms. The Balaban J connectivity index is -0.000000307. The van der Waals surface area contributed by atoms with Crippen molar-refractivity contribution >= 4 is 18.1 Å². The minimum absolute atomic E-state index is 0.0129. The van der Waals surface area contributed by atoms with Gasteiger partial charge in [0, 0.05) is 13.2 Å². The number of aliphatic carboxylic acids is 1. The molecule has 0 aliphatic heterocycles. The van der Waals surface area contributed by atoms with Crippen molar-refractivity contribution in [2.24, 2.45) is 22.2 Å². The molecule has 138 valence electrons. The number of guanidine groups is 1. The summed E-state index contributed by atoms with van der Waals surface area (Å²) in [6.07, 6.45) is 3.80. The molecule has 0 bridgehead atoms. The number of hydrogen-bond donors (Lipinski definition) is 7. The lowest BCUT2D eigenvalue weighted by molar-refractivity contribution is -0.138. The maximum atomic E-state index is 10.2. The molecule has 0 aromatic carbocycles. The van der Waals surface area contributed by atoms with E-state index in [4.69, 9.17) is 42.4 Å². The van der Waals surface area contributed by atoms with Gasteiger partial charge in [-0.15, -0.1) is 0 Å². The molecule has 0 fully saturated rings. The van der Waals surface area contributed by atoms with Crippen LogP contribution in [0, 0.1) is 0 Å². The maximum absolute atomic E-state index is 10.2. The molecule has 0 aliphatic carbocycles. The second-order valence-electron chi connectivity index (χ2n) is 4.46. The Kier molecular flexibility index (Phi) is 22.4. The van der Waals surface area contributed by atoms with Gasteiger partial charge in [-0.25, -0.2) is 4.79 Å². The number of rotatable bonds is 9. The van der Waals surface area contributed by atoms with E-state index in [0.717, 1.165) is 6.42 Å². The highest BCUT2D eigenvalue weighted by atomic mass is 16.6. The monoisotopic (exact) mass is 338 g/mol. The highest BCUT2D eigenvalue weighted by Crippen LogP contribution is 1.96. The summed E-state index contributed by atoms with van der Waals surface area (Å²) in [5, 5.41) is 30.6. The lowest BCUT2D eigenvalue weighted by Gasteiger charge is -2.03. The first-order chi connectivity index (χ1) is 10.7. The molecule has 0 spiro atoms. The van der Waals surface area contributed by atoms with Crippen molar-refractivity contribution in [3.05, 3.63) is 0 Å². The number of aliphatic imine (C=N–C) groups is 1. The van der Waals surface area contributed by atoms with Crippen LogP contribution in [0.1, 0.15) is 45.4 Å². The number of aliphatic hydroxyl groups excluding tert-OH is 1. The number of nitrogens with two attached hydrogens (primary N) is 3. The molecule has 0 rings (SSSR count). The third-order valence-electron chi connectivity index (χ3n) is 2.30. The number of aliphatic hydroxyl groups is 1. The largest absolute Gasteiger partial charge is 0.503 e. The molecule has 0 amide bonds. The zero-order valence-corrected chi connectivity index (χ0v) is 13.5. The van der Waals surface area contributed by atoms with Gasteiger partial charge < -0.3 is 37.6 Å². The van der Waals surface area contributed by atoms with Crippen LogP contribution in [0.5, 0.6) is 0 Å². The smallest absolute Gasteiger partial charge is 0.480 e. The third kappa shape index (κ3) is 38.3. The first-order valence-electron chi connectivity index (χ1n) is 7.25. The predicted octanol–water partition coefficient (Wildman–Crippen LogP) is 0.233. The second-order valence-corrected chi connectivity index (χ2v) is 4.46. The Morgan fingerprint density at radius 1 is 1.04 bits per heavy atom. The minimum atomic E-state index is -1.83. The van der Waals surface area contributed by atoms with Crippen LogP contribution < -0.4 is 17.2 Å². The Morgan fingerprint density at radius 2 is 1.57 bits per heavy atom. The molecule has 10 nitrogen and oxygen atoms in total. The number of nitrogens with zero attached hydrogens (tertiary/aromatic N) is 1. The van der Waals surface area contributed by atoms with Crippen molar-refractivity contribution in [2.75, 3.05) is 13.2 Å². The molecule has 1 unspecified atom stereocenters. The van der Waals surface area contributed by atoms with Gasteiger partial charge >= 0.3 is 12.1 Å². The van der Waals surface area contributed by atoms with Crippen LogP contribution in [-0.2, 0) is 4.79 Å². The highest BCUT2D eigenvalue weighted by Gasteiger charge is 2.09. The summed E-state index contributed by atoms with van der Waals surface area (Å²) in [5.74, 6) is -0.987. The molecule has 0 saturated heterocycles. The second kappa shape index (κ2) is 19.9. The summed E-state index contributed by atoms with van der Waals surface area (Å²) in [4.78, 5) is 22.5. The molecular weight excluding hydrogens is 308 g/mol. The van der Waals surface area contributed by atoms with Gasteiger partial charge in [-0.2, -0.15) is 0 Å². The quantitative estimate of drug-likeness (QED) is 0.174. The van der Waals surface area contributed by atoms with Crippen LogP contribution in [0.25, 0.3) is 0 Å². The fourth-order valence-electron chi connectivity index (χ4n) is 1.18. The van der Waals surface area contributed by atoms with Gasteiger partial charge in [-0.3, -0.25) is 9.79 Å². The fraction of sp³-hybridized carbons (Fsp3) is 0.769. The molecule has 10 N–H and O–H groups in total. The van der Waals surface area contributed by atoms with Gasteiger partial charge in [-0.05, 0) is 19.3 Å². The van der Waals surface area contributed by atoms with Crippen LogP contribution in [0.4, 0.5) is 4.79 Å². The average Bonchev–Trinajstić information content (AvgIpc) is 2.43. The Hall–Kier alpha value is -2.07. The zero-order valence-electron chi connectivity index (χ0n) is 13.5. The Morgan fingerprint density at radius 3 is 1.91 bits per heavy atom. The van der Waals surface area contributed by atoms with Crippen LogP contribution >= 0.6 is 0 Å². The van der Waals surface area contributed by atoms with E-state index >= 15 is 0 Å². The summed E-state index contributed by atoms with van der Waals surface area (Å²) in [5.41, 5.74) is 15.3. The first-order valence-corrected chi connectivity index (χ1v) is 7.25. The molecule has 10 heteroatoms. The van der Waals surface area contributed by atoms with Gasteiger partial charge in [0.05, 0.1) is 0 Å². The normalized spacial score (nSPS) is 10.2. The molecule has 0 aromatic rings. The fourth-order valence-corrected chi connectivity index (χ4v) is 1.18. The predicted molar refractivity (Wildman–Crippen MR) is 87.4 cm³/mol. The van der Waals surface area contributed by atoms with E-state index in [0.29, 0.717) is 26.0 Å². The van der Waals surface area contributed by atoms with Gasteiger partial charge in [0.15, 0.2) is 5.96 Å². The number of unbranched alkanes of at least 4 members (excludes halogenated alkanes) is 3. The Bertz CT molecular complexity index is 314. The van der Waals surface area contributed by atoms with Crippen LogP contribution in [0.3, 0.4) is 0 Å². The van der Waals surface area contributed by atoms with Gasteiger partial charge in [-0.1, -0.05) is 26.2 Å². The summed E-state index contributed by atoms with van der Waals surface area (Å²) in [7, 11) is 0.